The van der Waals surface area contributed by atoms with Crippen LogP contribution in [0.2, 0.25) is 5.02 Å². The predicted molar refractivity (Wildman–Crippen MR) is 60.3 cm³/mol. The van der Waals surface area contributed by atoms with E-state index in [1.807, 2.05) is 11.4 Å². The molecular formula is C10H12ClNO2S. The number of hydrogen-bond donors (Lipinski definition) is 1. The highest BCUT2D eigenvalue weighted by Gasteiger charge is 2.28. The van der Waals surface area contributed by atoms with Gasteiger partial charge in [-0.2, -0.15) is 0 Å². The number of carboxylic acids is 1. The Morgan fingerprint density at radius 3 is 2.93 bits per heavy atom. The Balaban J connectivity index is 1.74. The number of likely N-dealkylation sites (tertiary alicyclic amines) is 1. The third-order valence-corrected chi connectivity index (χ3v) is 3.77. The second-order valence-corrected chi connectivity index (χ2v) is 5.32. The van der Waals surface area contributed by atoms with Crippen LogP contribution in [0.3, 0.4) is 0 Å². The van der Waals surface area contributed by atoms with Crippen LogP contribution in [0.4, 0.5) is 0 Å². The van der Waals surface area contributed by atoms with Crippen LogP contribution >= 0.6 is 22.9 Å². The van der Waals surface area contributed by atoms with E-state index in [9.17, 15) is 4.79 Å². The number of thiophene rings is 1. The van der Waals surface area contributed by atoms with Crippen LogP contribution in [-0.4, -0.2) is 29.1 Å². The van der Waals surface area contributed by atoms with Crippen molar-refractivity contribution >= 4 is 28.9 Å². The van der Waals surface area contributed by atoms with Crippen LogP contribution in [0.15, 0.2) is 11.4 Å². The van der Waals surface area contributed by atoms with E-state index in [1.54, 1.807) is 11.3 Å². The highest BCUT2D eigenvalue weighted by molar-refractivity contribution is 7.10. The van der Waals surface area contributed by atoms with E-state index in [0.29, 0.717) is 12.3 Å². The fourth-order valence-corrected chi connectivity index (χ4v) is 2.95. The normalized spacial score (nSPS) is 17.7. The van der Waals surface area contributed by atoms with E-state index in [2.05, 4.69) is 4.90 Å². The lowest BCUT2D eigenvalue weighted by Gasteiger charge is -2.38. The summed E-state index contributed by atoms with van der Waals surface area (Å²) in [6.45, 7) is 2.68. The van der Waals surface area contributed by atoms with Crippen molar-refractivity contribution in [3.8, 4) is 0 Å². The molecule has 1 saturated heterocycles. The lowest BCUT2D eigenvalue weighted by molar-refractivity contribution is -0.139. The van der Waals surface area contributed by atoms with Gasteiger partial charge in [0.05, 0.1) is 11.4 Å². The Bertz CT molecular complexity index is 360. The summed E-state index contributed by atoms with van der Waals surface area (Å²) in [5.41, 5.74) is 0. The van der Waals surface area contributed by atoms with E-state index in [-0.39, 0.29) is 0 Å². The van der Waals surface area contributed by atoms with Gasteiger partial charge in [-0.1, -0.05) is 11.6 Å². The predicted octanol–water partition coefficient (Wildman–Crippen LogP) is 2.31. The van der Waals surface area contributed by atoms with Crippen LogP contribution in [0.1, 0.15) is 11.3 Å². The molecule has 2 rings (SSSR count). The van der Waals surface area contributed by atoms with Gasteiger partial charge in [0.15, 0.2) is 0 Å². The number of aliphatic carboxylic acids is 1. The van der Waals surface area contributed by atoms with Crippen LogP contribution in [0.25, 0.3) is 0 Å². The third-order valence-electron chi connectivity index (χ3n) is 2.50. The Morgan fingerprint density at radius 1 is 1.67 bits per heavy atom. The monoisotopic (exact) mass is 245 g/mol. The second-order valence-electron chi connectivity index (χ2n) is 3.89. The fraction of sp³-hybridized carbons (Fsp3) is 0.500. The molecule has 1 aliphatic rings. The summed E-state index contributed by atoms with van der Waals surface area (Å²) in [6.07, 6.45) is 0.293. The van der Waals surface area contributed by atoms with Gasteiger partial charge in [-0.3, -0.25) is 9.69 Å². The smallest absolute Gasteiger partial charge is 0.303 e. The second kappa shape index (κ2) is 4.51. The fourth-order valence-electron chi connectivity index (χ4n) is 1.84. The van der Waals surface area contributed by atoms with Crippen molar-refractivity contribution in [3.05, 3.63) is 21.3 Å². The Hall–Kier alpha value is -0.580. The number of hydrogen-bond acceptors (Lipinski definition) is 3. The van der Waals surface area contributed by atoms with Gasteiger partial charge >= 0.3 is 5.97 Å². The van der Waals surface area contributed by atoms with Gasteiger partial charge in [0.25, 0.3) is 0 Å². The summed E-state index contributed by atoms with van der Waals surface area (Å²) in [4.78, 5) is 13.9. The minimum Gasteiger partial charge on any atom is -0.481 e. The summed E-state index contributed by atoms with van der Waals surface area (Å²) in [5.74, 6) is -0.364. The molecule has 2 heterocycles. The number of nitrogens with zero attached hydrogens (tertiary/aromatic N) is 1. The standard InChI is InChI=1S/C10H12ClNO2S/c11-8-2-9(15-6-8)5-12-3-7(4-12)1-10(13)14/h2,6-7H,1,3-5H2,(H,13,14). The van der Waals surface area contributed by atoms with Crippen molar-refractivity contribution in [2.24, 2.45) is 5.92 Å². The lowest BCUT2D eigenvalue weighted by atomic mass is 9.96. The SMILES string of the molecule is O=C(O)CC1CN(Cc2cc(Cl)cs2)C1. The summed E-state index contributed by atoms with van der Waals surface area (Å²) < 4.78 is 0. The maximum Gasteiger partial charge on any atom is 0.303 e. The summed E-state index contributed by atoms with van der Waals surface area (Å²) in [5, 5.41) is 11.3. The van der Waals surface area contributed by atoms with Crippen LogP contribution in [0, 0.1) is 5.92 Å². The zero-order valence-electron chi connectivity index (χ0n) is 8.15. The van der Waals surface area contributed by atoms with Crippen molar-refractivity contribution in [1.82, 2.24) is 4.90 Å². The minimum absolute atomic E-state index is 0.293. The van der Waals surface area contributed by atoms with E-state index < -0.39 is 5.97 Å². The molecule has 0 aromatic carbocycles. The van der Waals surface area contributed by atoms with Crippen molar-refractivity contribution in [3.63, 3.8) is 0 Å². The zero-order valence-corrected chi connectivity index (χ0v) is 9.72. The molecule has 1 N–H and O–H groups in total. The number of carboxylic acid groups (broad SMARTS) is 1. The molecule has 0 amide bonds. The maximum atomic E-state index is 10.4. The van der Waals surface area contributed by atoms with E-state index >= 15 is 0 Å². The first-order valence-electron chi connectivity index (χ1n) is 4.80. The number of rotatable bonds is 4. The molecule has 0 saturated carbocycles. The molecule has 0 radical (unpaired) electrons. The lowest BCUT2D eigenvalue weighted by Crippen LogP contribution is -2.46. The molecule has 0 bridgehead atoms. The van der Waals surface area contributed by atoms with Gasteiger partial charge in [-0.15, -0.1) is 11.3 Å². The van der Waals surface area contributed by atoms with Crippen LogP contribution in [-0.2, 0) is 11.3 Å². The molecule has 0 unspecified atom stereocenters. The molecule has 5 heteroatoms. The first-order chi connectivity index (χ1) is 7.13. The zero-order chi connectivity index (χ0) is 10.8. The average molecular weight is 246 g/mol. The summed E-state index contributed by atoms with van der Waals surface area (Å²) in [7, 11) is 0. The average Bonchev–Trinajstić information content (AvgIpc) is 2.47. The molecule has 3 nitrogen and oxygen atoms in total. The molecular weight excluding hydrogens is 234 g/mol. The molecule has 1 fully saturated rings. The molecule has 0 atom stereocenters. The van der Waals surface area contributed by atoms with Crippen LogP contribution in [0.5, 0.6) is 0 Å². The van der Waals surface area contributed by atoms with E-state index in [0.717, 1.165) is 24.7 Å². The Kier molecular flexibility index (Phi) is 3.29. The highest BCUT2D eigenvalue weighted by Crippen LogP contribution is 2.25. The van der Waals surface area contributed by atoms with Crippen molar-refractivity contribution in [2.45, 2.75) is 13.0 Å². The first kappa shape index (κ1) is 10.9. The maximum absolute atomic E-state index is 10.4. The summed E-state index contributed by atoms with van der Waals surface area (Å²) in [6, 6.07) is 1.97. The van der Waals surface area contributed by atoms with Crippen LogP contribution < -0.4 is 0 Å². The van der Waals surface area contributed by atoms with E-state index in [1.165, 1.54) is 4.88 Å². The molecule has 1 aliphatic heterocycles. The highest BCUT2D eigenvalue weighted by atomic mass is 35.5. The van der Waals surface area contributed by atoms with Gasteiger partial charge in [-0.05, 0) is 12.0 Å². The topological polar surface area (TPSA) is 40.5 Å². The molecule has 15 heavy (non-hydrogen) atoms. The Morgan fingerprint density at radius 2 is 2.40 bits per heavy atom. The van der Waals surface area contributed by atoms with Crippen molar-refractivity contribution in [1.29, 1.82) is 0 Å². The van der Waals surface area contributed by atoms with Gasteiger partial charge in [-0.25, -0.2) is 0 Å². The number of halogens is 1. The Labute approximate surface area is 97.3 Å². The molecule has 1 aromatic heterocycles. The van der Waals surface area contributed by atoms with Crippen molar-refractivity contribution in [2.75, 3.05) is 13.1 Å². The molecule has 0 spiro atoms. The van der Waals surface area contributed by atoms with E-state index in [4.69, 9.17) is 16.7 Å². The molecule has 1 aromatic rings. The van der Waals surface area contributed by atoms with Gasteiger partial charge in [0.2, 0.25) is 0 Å². The van der Waals surface area contributed by atoms with Gasteiger partial charge in [0.1, 0.15) is 0 Å². The quantitative estimate of drug-likeness (QED) is 0.885. The largest absolute Gasteiger partial charge is 0.481 e. The first-order valence-corrected chi connectivity index (χ1v) is 6.06. The van der Waals surface area contributed by atoms with Gasteiger partial charge < -0.3 is 5.11 Å². The molecule has 82 valence electrons. The van der Waals surface area contributed by atoms with Gasteiger partial charge in [0, 0.05) is 29.9 Å². The van der Waals surface area contributed by atoms with Crippen molar-refractivity contribution < 1.29 is 9.90 Å². The third kappa shape index (κ3) is 2.93. The minimum atomic E-state index is -0.696. The molecule has 0 aliphatic carbocycles. The number of carbonyl (C=O) groups is 1. The summed E-state index contributed by atoms with van der Waals surface area (Å²) >= 11 is 7.47.